The van der Waals surface area contributed by atoms with Gasteiger partial charge in [-0.1, -0.05) is 18.2 Å². The predicted octanol–water partition coefficient (Wildman–Crippen LogP) is 2.00. The first-order valence-electron chi connectivity index (χ1n) is 6.93. The van der Waals surface area contributed by atoms with Crippen LogP contribution in [0.25, 0.3) is 0 Å². The summed E-state index contributed by atoms with van der Waals surface area (Å²) < 4.78 is 0. The van der Waals surface area contributed by atoms with E-state index in [1.165, 1.54) is 25.9 Å². The minimum atomic E-state index is 0.192. The van der Waals surface area contributed by atoms with Gasteiger partial charge in [0.05, 0.1) is 0 Å². The maximum Gasteiger partial charge on any atom is 0.253 e. The second-order valence-electron chi connectivity index (χ2n) is 5.30. The van der Waals surface area contributed by atoms with Crippen LogP contribution >= 0.6 is 0 Å². The summed E-state index contributed by atoms with van der Waals surface area (Å²) in [4.78, 5) is 16.9. The van der Waals surface area contributed by atoms with Crippen molar-refractivity contribution in [2.24, 2.45) is 0 Å². The van der Waals surface area contributed by atoms with Gasteiger partial charge >= 0.3 is 0 Å². The quantitative estimate of drug-likeness (QED) is 0.794. The highest BCUT2D eigenvalue weighted by Gasteiger charge is 2.31. The van der Waals surface area contributed by atoms with Crippen molar-refractivity contribution in [2.75, 3.05) is 26.2 Å². The molecule has 0 aromatic heterocycles. The number of carbonyl (C=O) groups excluding carboxylic acids is 1. The van der Waals surface area contributed by atoms with Gasteiger partial charge in [0.2, 0.25) is 0 Å². The van der Waals surface area contributed by atoms with Crippen LogP contribution < -0.4 is 0 Å². The third-order valence-electron chi connectivity index (χ3n) is 4.13. The van der Waals surface area contributed by atoms with E-state index in [1.807, 2.05) is 35.2 Å². The zero-order chi connectivity index (χ0) is 12.4. The fourth-order valence-corrected chi connectivity index (χ4v) is 3.09. The number of hydrogen-bond donors (Lipinski definition) is 0. The molecular formula is C15H20N2O. The van der Waals surface area contributed by atoms with Gasteiger partial charge in [0.15, 0.2) is 0 Å². The van der Waals surface area contributed by atoms with E-state index in [1.54, 1.807) is 0 Å². The average molecular weight is 244 g/mol. The van der Waals surface area contributed by atoms with E-state index in [4.69, 9.17) is 0 Å². The van der Waals surface area contributed by atoms with E-state index in [-0.39, 0.29) is 5.91 Å². The maximum atomic E-state index is 12.3. The third kappa shape index (κ3) is 2.27. The normalized spacial score (nSPS) is 24.7. The smallest absolute Gasteiger partial charge is 0.253 e. The molecule has 18 heavy (non-hydrogen) atoms. The molecule has 3 nitrogen and oxygen atoms in total. The summed E-state index contributed by atoms with van der Waals surface area (Å²) in [6, 6.07) is 10.2. The van der Waals surface area contributed by atoms with E-state index < -0.39 is 0 Å². The molecule has 96 valence electrons. The van der Waals surface area contributed by atoms with Crippen molar-refractivity contribution in [2.45, 2.75) is 25.3 Å². The van der Waals surface area contributed by atoms with E-state index in [9.17, 15) is 4.79 Å². The largest absolute Gasteiger partial charge is 0.337 e. The lowest BCUT2D eigenvalue weighted by Crippen LogP contribution is -2.37. The highest BCUT2D eigenvalue weighted by Crippen LogP contribution is 2.21. The molecule has 2 heterocycles. The predicted molar refractivity (Wildman–Crippen MR) is 71.6 cm³/mol. The van der Waals surface area contributed by atoms with Crippen LogP contribution in [0.2, 0.25) is 0 Å². The van der Waals surface area contributed by atoms with Gasteiger partial charge in [0.1, 0.15) is 0 Å². The molecule has 3 heteroatoms. The van der Waals surface area contributed by atoms with E-state index in [2.05, 4.69) is 4.90 Å². The highest BCUT2D eigenvalue weighted by molar-refractivity contribution is 5.94. The van der Waals surface area contributed by atoms with Gasteiger partial charge in [-0.3, -0.25) is 9.69 Å². The number of rotatable bonds is 2. The molecule has 2 aliphatic heterocycles. The molecule has 1 aromatic rings. The fourth-order valence-electron chi connectivity index (χ4n) is 3.09. The Morgan fingerprint density at radius 1 is 1.06 bits per heavy atom. The fraction of sp³-hybridized carbons (Fsp3) is 0.533. The number of carbonyl (C=O) groups is 1. The van der Waals surface area contributed by atoms with Crippen molar-refractivity contribution < 1.29 is 4.79 Å². The van der Waals surface area contributed by atoms with Gasteiger partial charge in [-0.15, -0.1) is 0 Å². The summed E-state index contributed by atoms with van der Waals surface area (Å²) in [5.41, 5.74) is 0.819. The van der Waals surface area contributed by atoms with Crippen molar-refractivity contribution in [3.8, 4) is 0 Å². The monoisotopic (exact) mass is 244 g/mol. The van der Waals surface area contributed by atoms with Crippen molar-refractivity contribution in [1.29, 1.82) is 0 Å². The second-order valence-corrected chi connectivity index (χ2v) is 5.30. The number of benzene rings is 1. The van der Waals surface area contributed by atoms with Crippen LogP contribution in [0, 0.1) is 0 Å². The van der Waals surface area contributed by atoms with Gasteiger partial charge in [-0.2, -0.15) is 0 Å². The van der Waals surface area contributed by atoms with E-state index >= 15 is 0 Å². The molecule has 2 saturated heterocycles. The molecule has 0 N–H and O–H groups in total. The van der Waals surface area contributed by atoms with Gasteiger partial charge < -0.3 is 4.90 Å². The Morgan fingerprint density at radius 3 is 2.50 bits per heavy atom. The average Bonchev–Trinajstić information content (AvgIpc) is 3.09. The molecule has 0 bridgehead atoms. The van der Waals surface area contributed by atoms with Crippen LogP contribution in [0.4, 0.5) is 0 Å². The molecule has 0 unspecified atom stereocenters. The van der Waals surface area contributed by atoms with Crippen molar-refractivity contribution >= 4 is 5.91 Å². The van der Waals surface area contributed by atoms with Crippen molar-refractivity contribution in [1.82, 2.24) is 9.80 Å². The molecule has 2 aliphatic rings. The van der Waals surface area contributed by atoms with Crippen molar-refractivity contribution in [3.05, 3.63) is 35.9 Å². The van der Waals surface area contributed by atoms with Crippen LogP contribution in [0.1, 0.15) is 29.6 Å². The summed E-state index contributed by atoms with van der Waals surface area (Å²) in [6.07, 6.45) is 3.78. The number of nitrogens with zero attached hydrogens (tertiary/aromatic N) is 2. The second kappa shape index (κ2) is 5.11. The molecular weight excluding hydrogens is 224 g/mol. The first-order chi connectivity index (χ1) is 8.84. The zero-order valence-electron chi connectivity index (χ0n) is 10.7. The summed E-state index contributed by atoms with van der Waals surface area (Å²) >= 11 is 0. The molecule has 0 aliphatic carbocycles. The van der Waals surface area contributed by atoms with Gasteiger partial charge in [0, 0.05) is 24.7 Å². The van der Waals surface area contributed by atoms with E-state index in [0.717, 1.165) is 25.1 Å². The summed E-state index contributed by atoms with van der Waals surface area (Å²) in [5.74, 6) is 0.192. The first kappa shape index (κ1) is 11.7. The molecule has 1 amide bonds. The Hall–Kier alpha value is -1.35. The SMILES string of the molecule is O=C(c1ccccc1)N1CC[C@H](N2CCCC2)C1. The standard InChI is InChI=1S/C15H20N2O/c18-15(13-6-2-1-3-7-13)17-11-8-14(12-17)16-9-4-5-10-16/h1-3,6-7,14H,4-5,8-12H2/t14-/m0/s1. The molecule has 2 fully saturated rings. The van der Waals surface area contributed by atoms with Crippen molar-refractivity contribution in [3.63, 3.8) is 0 Å². The minimum Gasteiger partial charge on any atom is -0.337 e. The zero-order valence-corrected chi connectivity index (χ0v) is 10.7. The summed E-state index contributed by atoms with van der Waals surface area (Å²) in [7, 11) is 0. The van der Waals surface area contributed by atoms with Crippen LogP contribution in [0.5, 0.6) is 0 Å². The Bertz CT molecular complexity index is 412. The van der Waals surface area contributed by atoms with Gasteiger partial charge in [-0.05, 0) is 44.5 Å². The molecule has 1 aromatic carbocycles. The molecule has 1 atom stereocenters. The third-order valence-corrected chi connectivity index (χ3v) is 4.13. The van der Waals surface area contributed by atoms with Gasteiger partial charge in [-0.25, -0.2) is 0 Å². The summed E-state index contributed by atoms with van der Waals surface area (Å²) in [5, 5.41) is 0. The first-order valence-corrected chi connectivity index (χ1v) is 6.93. The lowest BCUT2D eigenvalue weighted by atomic mass is 10.2. The summed E-state index contributed by atoms with van der Waals surface area (Å²) in [6.45, 7) is 4.26. The van der Waals surface area contributed by atoms with Crippen LogP contribution in [0.3, 0.4) is 0 Å². The Morgan fingerprint density at radius 2 is 1.78 bits per heavy atom. The molecule has 0 radical (unpaired) electrons. The number of likely N-dealkylation sites (tertiary alicyclic amines) is 2. The lowest BCUT2D eigenvalue weighted by molar-refractivity contribution is 0.0780. The van der Waals surface area contributed by atoms with Crippen LogP contribution in [-0.4, -0.2) is 47.9 Å². The Kier molecular flexibility index (Phi) is 3.33. The van der Waals surface area contributed by atoms with Crippen LogP contribution in [-0.2, 0) is 0 Å². The molecule has 0 spiro atoms. The van der Waals surface area contributed by atoms with Gasteiger partial charge in [0.25, 0.3) is 5.91 Å². The van der Waals surface area contributed by atoms with Crippen LogP contribution in [0.15, 0.2) is 30.3 Å². The molecule has 0 saturated carbocycles. The Labute approximate surface area is 108 Å². The maximum absolute atomic E-state index is 12.3. The number of hydrogen-bond acceptors (Lipinski definition) is 2. The topological polar surface area (TPSA) is 23.6 Å². The minimum absolute atomic E-state index is 0.192. The highest BCUT2D eigenvalue weighted by atomic mass is 16.2. The van der Waals surface area contributed by atoms with E-state index in [0.29, 0.717) is 6.04 Å². The molecule has 3 rings (SSSR count). The lowest BCUT2D eigenvalue weighted by Gasteiger charge is -2.23. The number of amides is 1. The Balaban J connectivity index is 1.63.